The minimum absolute atomic E-state index is 0.192. The number of carbonyl (C=O) groups is 1. The van der Waals surface area contributed by atoms with Crippen LogP contribution in [0.3, 0.4) is 0 Å². The molecule has 0 saturated carbocycles. The van der Waals surface area contributed by atoms with Gasteiger partial charge in [-0.25, -0.2) is 0 Å². The lowest BCUT2D eigenvalue weighted by Crippen LogP contribution is -2.50. The summed E-state index contributed by atoms with van der Waals surface area (Å²) >= 11 is 0. The Morgan fingerprint density at radius 3 is 2.62 bits per heavy atom. The zero-order chi connectivity index (χ0) is 15.9. The number of benzene rings is 1. The van der Waals surface area contributed by atoms with Gasteiger partial charge in [-0.05, 0) is 44.9 Å². The summed E-state index contributed by atoms with van der Waals surface area (Å²) in [5, 5.41) is 3.24. The highest BCUT2D eigenvalue weighted by atomic mass is 16.5. The minimum atomic E-state index is -0.601. The number of anilines is 1. The maximum absolute atomic E-state index is 11.9. The molecule has 0 radical (unpaired) electrons. The zero-order valence-corrected chi connectivity index (χ0v) is 13.9. The number of aryl methyl sites for hydroxylation is 1. The molecule has 0 aliphatic rings. The van der Waals surface area contributed by atoms with Crippen molar-refractivity contribution in [3.05, 3.63) is 29.8 Å². The normalized spacial score (nSPS) is 13.6. The highest BCUT2D eigenvalue weighted by molar-refractivity contribution is 5.80. The first-order valence-electron chi connectivity index (χ1n) is 7.55. The Morgan fingerprint density at radius 1 is 1.38 bits per heavy atom. The smallest absolute Gasteiger partial charge is 0.325 e. The topological polar surface area (TPSA) is 41.6 Å². The van der Waals surface area contributed by atoms with E-state index in [1.165, 1.54) is 18.4 Å². The molecule has 1 aromatic rings. The van der Waals surface area contributed by atoms with Gasteiger partial charge in [0.15, 0.2) is 0 Å². The second-order valence-corrected chi connectivity index (χ2v) is 5.67. The Kier molecular flexibility index (Phi) is 6.69. The number of hydrogen-bond acceptors (Lipinski definition) is 4. The number of carbonyl (C=O) groups excluding carboxylic acids is 1. The van der Waals surface area contributed by atoms with E-state index in [1.807, 2.05) is 19.9 Å². The monoisotopic (exact) mass is 292 g/mol. The van der Waals surface area contributed by atoms with Crippen LogP contribution in [-0.2, 0) is 9.53 Å². The molecule has 1 unspecified atom stereocenters. The predicted octanol–water partition coefficient (Wildman–Crippen LogP) is 2.75. The van der Waals surface area contributed by atoms with Gasteiger partial charge >= 0.3 is 5.97 Å². The first-order chi connectivity index (χ1) is 9.94. The van der Waals surface area contributed by atoms with Crippen LogP contribution in [0.1, 0.15) is 32.3 Å². The van der Waals surface area contributed by atoms with Crippen LogP contribution in [0.15, 0.2) is 24.3 Å². The third-order valence-corrected chi connectivity index (χ3v) is 3.90. The molecule has 0 amide bonds. The molecule has 1 aromatic carbocycles. The SMILES string of the molecule is CCNC(C)(CCCN(C)c1ccccc1C)C(=O)OC. The molecule has 1 N–H and O–H groups in total. The minimum Gasteiger partial charge on any atom is -0.468 e. The van der Waals surface area contributed by atoms with Gasteiger partial charge in [0.1, 0.15) is 5.54 Å². The molecule has 0 saturated heterocycles. The van der Waals surface area contributed by atoms with Gasteiger partial charge in [-0.15, -0.1) is 0 Å². The Hall–Kier alpha value is -1.55. The standard InChI is InChI=1S/C17H28N2O2/c1-6-18-17(3,16(20)21-5)12-9-13-19(4)15-11-8-7-10-14(15)2/h7-8,10-11,18H,6,9,12-13H2,1-5H3. The zero-order valence-electron chi connectivity index (χ0n) is 13.9. The molecular formula is C17H28N2O2. The van der Waals surface area contributed by atoms with Crippen molar-refractivity contribution in [2.24, 2.45) is 0 Å². The fourth-order valence-corrected chi connectivity index (χ4v) is 2.66. The molecule has 4 heteroatoms. The second kappa shape index (κ2) is 8.03. The fraction of sp³-hybridized carbons (Fsp3) is 0.588. The van der Waals surface area contributed by atoms with E-state index in [1.54, 1.807) is 0 Å². The lowest BCUT2D eigenvalue weighted by Gasteiger charge is -2.29. The van der Waals surface area contributed by atoms with Gasteiger partial charge in [-0.2, -0.15) is 0 Å². The summed E-state index contributed by atoms with van der Waals surface area (Å²) in [4.78, 5) is 14.2. The molecule has 0 aliphatic carbocycles. The summed E-state index contributed by atoms with van der Waals surface area (Å²) in [6.07, 6.45) is 1.67. The van der Waals surface area contributed by atoms with Gasteiger partial charge in [-0.1, -0.05) is 25.1 Å². The summed E-state index contributed by atoms with van der Waals surface area (Å²) < 4.78 is 4.91. The molecule has 1 atom stereocenters. The van der Waals surface area contributed by atoms with Gasteiger partial charge in [-0.3, -0.25) is 4.79 Å². The second-order valence-electron chi connectivity index (χ2n) is 5.67. The number of ether oxygens (including phenoxy) is 1. The number of rotatable bonds is 8. The number of methoxy groups -OCH3 is 1. The van der Waals surface area contributed by atoms with Crippen molar-refractivity contribution in [2.45, 2.75) is 39.2 Å². The van der Waals surface area contributed by atoms with Crippen LogP contribution in [0.2, 0.25) is 0 Å². The van der Waals surface area contributed by atoms with Crippen molar-refractivity contribution in [1.82, 2.24) is 5.32 Å². The number of para-hydroxylation sites is 1. The van der Waals surface area contributed by atoms with E-state index in [0.29, 0.717) is 0 Å². The summed E-state index contributed by atoms with van der Waals surface area (Å²) in [7, 11) is 3.53. The summed E-state index contributed by atoms with van der Waals surface area (Å²) in [6.45, 7) is 7.68. The number of nitrogens with one attached hydrogen (secondary N) is 1. The van der Waals surface area contributed by atoms with E-state index in [4.69, 9.17) is 4.74 Å². The highest BCUT2D eigenvalue weighted by Crippen LogP contribution is 2.20. The largest absolute Gasteiger partial charge is 0.468 e. The van der Waals surface area contributed by atoms with Crippen molar-refractivity contribution < 1.29 is 9.53 Å². The summed E-state index contributed by atoms with van der Waals surface area (Å²) in [6, 6.07) is 8.34. The van der Waals surface area contributed by atoms with Gasteiger partial charge in [0, 0.05) is 19.3 Å². The van der Waals surface area contributed by atoms with E-state index in [2.05, 4.69) is 42.4 Å². The average Bonchev–Trinajstić information content (AvgIpc) is 2.47. The molecule has 1 rings (SSSR count). The van der Waals surface area contributed by atoms with Crippen molar-refractivity contribution in [3.63, 3.8) is 0 Å². The van der Waals surface area contributed by atoms with Gasteiger partial charge in [0.25, 0.3) is 0 Å². The third kappa shape index (κ3) is 4.74. The van der Waals surface area contributed by atoms with Crippen molar-refractivity contribution >= 4 is 11.7 Å². The van der Waals surface area contributed by atoms with Crippen molar-refractivity contribution in [3.8, 4) is 0 Å². The van der Waals surface area contributed by atoms with Gasteiger partial charge in [0.05, 0.1) is 7.11 Å². The maximum Gasteiger partial charge on any atom is 0.325 e. The summed E-state index contributed by atoms with van der Waals surface area (Å²) in [5.41, 5.74) is 1.90. The molecule has 0 heterocycles. The van der Waals surface area contributed by atoms with Crippen LogP contribution in [0.25, 0.3) is 0 Å². The Balaban J connectivity index is 2.58. The maximum atomic E-state index is 11.9. The highest BCUT2D eigenvalue weighted by Gasteiger charge is 2.32. The molecule has 4 nitrogen and oxygen atoms in total. The lowest BCUT2D eigenvalue weighted by molar-refractivity contribution is -0.148. The quantitative estimate of drug-likeness (QED) is 0.748. The van der Waals surface area contributed by atoms with E-state index in [-0.39, 0.29) is 5.97 Å². The number of nitrogens with zero attached hydrogens (tertiary/aromatic N) is 1. The third-order valence-electron chi connectivity index (χ3n) is 3.90. The molecule has 0 aliphatic heterocycles. The van der Waals surface area contributed by atoms with Gasteiger partial charge in [0.2, 0.25) is 0 Å². The van der Waals surface area contributed by atoms with E-state index in [9.17, 15) is 4.79 Å². The van der Waals surface area contributed by atoms with Crippen LogP contribution < -0.4 is 10.2 Å². The first kappa shape index (κ1) is 17.5. The van der Waals surface area contributed by atoms with Gasteiger partial charge < -0.3 is 15.0 Å². The molecule has 0 fully saturated rings. The van der Waals surface area contributed by atoms with Crippen molar-refractivity contribution in [2.75, 3.05) is 32.1 Å². The number of likely N-dealkylation sites (N-methyl/N-ethyl adjacent to an activating group) is 1. The molecule has 21 heavy (non-hydrogen) atoms. The van der Waals surface area contributed by atoms with Crippen LogP contribution in [0.5, 0.6) is 0 Å². The van der Waals surface area contributed by atoms with E-state index in [0.717, 1.165) is 25.9 Å². The first-order valence-corrected chi connectivity index (χ1v) is 7.55. The van der Waals surface area contributed by atoms with Crippen molar-refractivity contribution in [1.29, 1.82) is 0 Å². The average molecular weight is 292 g/mol. The van der Waals surface area contributed by atoms with E-state index < -0.39 is 5.54 Å². The molecule has 0 bridgehead atoms. The molecule has 0 aromatic heterocycles. The summed E-state index contributed by atoms with van der Waals surface area (Å²) in [5.74, 6) is -0.192. The van der Waals surface area contributed by atoms with Crippen LogP contribution in [0, 0.1) is 6.92 Å². The molecular weight excluding hydrogens is 264 g/mol. The fourth-order valence-electron chi connectivity index (χ4n) is 2.66. The Morgan fingerprint density at radius 2 is 2.05 bits per heavy atom. The number of esters is 1. The molecule has 0 spiro atoms. The number of hydrogen-bond donors (Lipinski definition) is 1. The predicted molar refractivity (Wildman–Crippen MR) is 87.8 cm³/mol. The Bertz CT molecular complexity index is 462. The van der Waals surface area contributed by atoms with Crippen LogP contribution >= 0.6 is 0 Å². The Labute approximate surface area is 128 Å². The molecule has 118 valence electrons. The van der Waals surface area contributed by atoms with Crippen LogP contribution in [0.4, 0.5) is 5.69 Å². The van der Waals surface area contributed by atoms with Crippen LogP contribution in [-0.4, -0.2) is 38.8 Å². The lowest BCUT2D eigenvalue weighted by atomic mass is 9.95. The van der Waals surface area contributed by atoms with E-state index >= 15 is 0 Å².